The summed E-state index contributed by atoms with van der Waals surface area (Å²) in [5, 5.41) is 0. The molecule has 1 saturated heterocycles. The van der Waals surface area contributed by atoms with Crippen LogP contribution in [0.1, 0.15) is 18.4 Å². The van der Waals surface area contributed by atoms with E-state index in [-0.39, 0.29) is 11.9 Å². The van der Waals surface area contributed by atoms with Crippen LogP contribution in [-0.4, -0.2) is 24.2 Å². The minimum atomic E-state index is -0.452. The van der Waals surface area contributed by atoms with E-state index in [0.29, 0.717) is 12.4 Å². The summed E-state index contributed by atoms with van der Waals surface area (Å²) in [6, 6.07) is 11.2. The number of rotatable bonds is 4. The van der Waals surface area contributed by atoms with Crippen LogP contribution in [0.4, 0.5) is 14.6 Å². The van der Waals surface area contributed by atoms with Gasteiger partial charge in [0.25, 0.3) is 0 Å². The molecule has 1 aliphatic heterocycles. The van der Waals surface area contributed by atoms with E-state index in [2.05, 4.69) is 9.88 Å². The van der Waals surface area contributed by atoms with Crippen LogP contribution in [-0.2, 0) is 11.3 Å². The fourth-order valence-corrected chi connectivity index (χ4v) is 2.62. The van der Waals surface area contributed by atoms with Crippen molar-refractivity contribution in [1.29, 1.82) is 0 Å². The predicted molar refractivity (Wildman–Crippen MR) is 80.6 cm³/mol. The smallest absolute Gasteiger partial charge is 0.214 e. The zero-order valence-corrected chi connectivity index (χ0v) is 12.2. The van der Waals surface area contributed by atoms with Crippen molar-refractivity contribution in [3.8, 4) is 0 Å². The van der Waals surface area contributed by atoms with E-state index in [1.807, 2.05) is 6.07 Å². The molecule has 0 atom stereocenters. The van der Waals surface area contributed by atoms with Crippen molar-refractivity contribution in [1.82, 2.24) is 4.98 Å². The number of ether oxygens (including phenoxy) is 1. The molecule has 0 spiro atoms. The first-order chi connectivity index (χ1) is 10.7. The number of halogens is 2. The number of hydrogen-bond acceptors (Lipinski definition) is 3. The molecule has 1 aromatic heterocycles. The lowest BCUT2D eigenvalue weighted by molar-refractivity contribution is 0.0250. The highest BCUT2D eigenvalue weighted by molar-refractivity contribution is 5.38. The van der Waals surface area contributed by atoms with E-state index in [1.165, 1.54) is 18.2 Å². The third-order valence-corrected chi connectivity index (χ3v) is 3.87. The molecule has 0 N–H and O–H groups in total. The molecular weight excluding hydrogens is 286 g/mol. The molecule has 1 aromatic carbocycles. The van der Waals surface area contributed by atoms with Gasteiger partial charge in [-0.15, -0.1) is 0 Å². The largest absolute Gasteiger partial charge is 0.373 e. The van der Waals surface area contributed by atoms with Crippen LogP contribution in [0.15, 0.2) is 42.5 Å². The molecule has 5 heteroatoms. The molecule has 3 rings (SSSR count). The van der Waals surface area contributed by atoms with Gasteiger partial charge in [0.15, 0.2) is 0 Å². The summed E-state index contributed by atoms with van der Waals surface area (Å²) >= 11 is 0. The Hall–Kier alpha value is -2.01. The van der Waals surface area contributed by atoms with Gasteiger partial charge >= 0.3 is 0 Å². The van der Waals surface area contributed by atoms with Gasteiger partial charge in [-0.3, -0.25) is 0 Å². The van der Waals surface area contributed by atoms with Gasteiger partial charge in [-0.05, 0) is 42.7 Å². The van der Waals surface area contributed by atoms with Gasteiger partial charge in [0, 0.05) is 13.1 Å². The highest BCUT2D eigenvalue weighted by Crippen LogP contribution is 2.20. The summed E-state index contributed by atoms with van der Waals surface area (Å²) < 4.78 is 31.9. The van der Waals surface area contributed by atoms with E-state index >= 15 is 0 Å². The molecule has 0 bridgehead atoms. The van der Waals surface area contributed by atoms with Crippen LogP contribution in [0.25, 0.3) is 0 Å². The Bertz CT molecular complexity index is 610. The third-order valence-electron chi connectivity index (χ3n) is 3.87. The molecule has 3 nitrogen and oxygen atoms in total. The maximum Gasteiger partial charge on any atom is 0.214 e. The first-order valence-electron chi connectivity index (χ1n) is 7.44. The summed E-state index contributed by atoms with van der Waals surface area (Å²) in [6.07, 6.45) is 1.92. The van der Waals surface area contributed by atoms with Crippen LogP contribution in [0.3, 0.4) is 0 Å². The number of hydrogen-bond donors (Lipinski definition) is 0. The van der Waals surface area contributed by atoms with Crippen LogP contribution in [0.5, 0.6) is 0 Å². The Labute approximate surface area is 128 Å². The maximum absolute atomic E-state index is 13.1. The third kappa shape index (κ3) is 3.80. The summed E-state index contributed by atoms with van der Waals surface area (Å²) in [4.78, 5) is 5.98. The number of piperidine rings is 1. The van der Waals surface area contributed by atoms with Crippen molar-refractivity contribution < 1.29 is 13.5 Å². The molecule has 2 heterocycles. The van der Waals surface area contributed by atoms with Gasteiger partial charge in [0.05, 0.1) is 12.7 Å². The van der Waals surface area contributed by atoms with E-state index in [9.17, 15) is 8.78 Å². The fraction of sp³-hybridized carbons (Fsp3) is 0.353. The van der Waals surface area contributed by atoms with E-state index < -0.39 is 5.95 Å². The monoisotopic (exact) mass is 304 g/mol. The Morgan fingerprint density at radius 3 is 2.45 bits per heavy atom. The van der Waals surface area contributed by atoms with Gasteiger partial charge in [-0.1, -0.05) is 18.2 Å². The summed E-state index contributed by atoms with van der Waals surface area (Å²) in [5.74, 6) is -0.0104. The normalized spacial score (nSPS) is 16.0. The molecule has 0 amide bonds. The van der Waals surface area contributed by atoms with Gasteiger partial charge in [-0.2, -0.15) is 4.39 Å². The number of nitrogens with zero attached hydrogens (tertiary/aromatic N) is 2. The minimum Gasteiger partial charge on any atom is -0.373 e. The first-order valence-corrected chi connectivity index (χ1v) is 7.44. The highest BCUT2D eigenvalue weighted by atomic mass is 19.1. The average molecular weight is 304 g/mol. The molecule has 1 fully saturated rings. The quantitative estimate of drug-likeness (QED) is 0.808. The molecule has 2 aromatic rings. The van der Waals surface area contributed by atoms with Crippen molar-refractivity contribution in [2.45, 2.75) is 25.6 Å². The van der Waals surface area contributed by atoms with Crippen molar-refractivity contribution in [2.24, 2.45) is 0 Å². The molecular formula is C17H18F2N2O. The lowest BCUT2D eigenvalue weighted by atomic mass is 10.1. The molecule has 0 radical (unpaired) electrons. The molecule has 0 aliphatic carbocycles. The topological polar surface area (TPSA) is 25.4 Å². The molecule has 0 saturated carbocycles. The van der Waals surface area contributed by atoms with E-state index in [1.54, 1.807) is 18.2 Å². The Kier molecular flexibility index (Phi) is 4.63. The lowest BCUT2D eigenvalue weighted by Gasteiger charge is -2.32. The molecule has 22 heavy (non-hydrogen) atoms. The fourth-order valence-electron chi connectivity index (χ4n) is 2.62. The summed E-state index contributed by atoms with van der Waals surface area (Å²) in [6.45, 7) is 2.08. The number of aromatic nitrogens is 1. The lowest BCUT2D eigenvalue weighted by Crippen LogP contribution is -2.37. The first kappa shape index (κ1) is 14.9. The van der Waals surface area contributed by atoms with E-state index in [4.69, 9.17) is 4.74 Å². The Morgan fingerprint density at radius 1 is 1.05 bits per heavy atom. The number of anilines is 1. The van der Waals surface area contributed by atoms with E-state index in [0.717, 1.165) is 31.5 Å². The standard InChI is InChI=1S/C17H18F2N2O/c18-14-6-4-13(5-7-14)12-22-15-8-10-21(11-9-15)17-3-1-2-16(19)20-17/h1-7,15H,8-12H2. The number of benzene rings is 1. The SMILES string of the molecule is Fc1ccc(COC2CCN(c3cccc(F)n3)CC2)cc1. The maximum atomic E-state index is 13.1. The zero-order chi connectivity index (χ0) is 15.4. The molecule has 0 unspecified atom stereocenters. The van der Waals surface area contributed by atoms with Gasteiger partial charge in [0.2, 0.25) is 5.95 Å². The predicted octanol–water partition coefficient (Wildman–Crippen LogP) is 3.55. The second kappa shape index (κ2) is 6.83. The minimum absolute atomic E-state index is 0.176. The Morgan fingerprint density at radius 2 is 1.77 bits per heavy atom. The average Bonchev–Trinajstić information content (AvgIpc) is 2.55. The van der Waals surface area contributed by atoms with Crippen molar-refractivity contribution in [3.05, 3.63) is 59.8 Å². The van der Waals surface area contributed by atoms with Crippen LogP contribution in [0.2, 0.25) is 0 Å². The van der Waals surface area contributed by atoms with Gasteiger partial charge in [0.1, 0.15) is 11.6 Å². The van der Waals surface area contributed by atoms with Crippen LogP contribution in [0, 0.1) is 11.8 Å². The van der Waals surface area contributed by atoms with Gasteiger partial charge in [-0.25, -0.2) is 9.37 Å². The zero-order valence-electron chi connectivity index (χ0n) is 12.2. The summed E-state index contributed by atoms with van der Waals surface area (Å²) in [7, 11) is 0. The summed E-state index contributed by atoms with van der Waals surface area (Å²) in [5.41, 5.74) is 0.968. The van der Waals surface area contributed by atoms with Crippen molar-refractivity contribution in [2.75, 3.05) is 18.0 Å². The Balaban J connectivity index is 1.48. The van der Waals surface area contributed by atoms with Crippen LogP contribution < -0.4 is 4.90 Å². The highest BCUT2D eigenvalue weighted by Gasteiger charge is 2.20. The number of pyridine rings is 1. The molecule has 116 valence electrons. The van der Waals surface area contributed by atoms with Crippen molar-refractivity contribution >= 4 is 5.82 Å². The molecule has 1 aliphatic rings. The van der Waals surface area contributed by atoms with Gasteiger partial charge < -0.3 is 9.64 Å². The second-order valence-electron chi connectivity index (χ2n) is 5.44. The van der Waals surface area contributed by atoms with Crippen molar-refractivity contribution in [3.63, 3.8) is 0 Å². The van der Waals surface area contributed by atoms with Crippen LogP contribution >= 0.6 is 0 Å². The second-order valence-corrected chi connectivity index (χ2v) is 5.44.